The van der Waals surface area contributed by atoms with Gasteiger partial charge in [0.1, 0.15) is 11.5 Å². The molecule has 0 radical (unpaired) electrons. The first-order valence-corrected chi connectivity index (χ1v) is 5.48. The SMILES string of the molecule is CC(=O)c1ccc(OC(=O)C(Cl)(Cl)Cl)cc1O. The van der Waals surface area contributed by atoms with Crippen LogP contribution in [0.1, 0.15) is 17.3 Å². The standard InChI is InChI=1S/C10H7Cl3O4/c1-5(14)7-3-2-6(4-8(7)15)17-9(16)10(11,12)13/h2-4,15H,1H3. The van der Waals surface area contributed by atoms with Gasteiger partial charge in [-0.25, -0.2) is 4.79 Å². The van der Waals surface area contributed by atoms with Gasteiger partial charge in [-0.2, -0.15) is 0 Å². The maximum atomic E-state index is 11.2. The summed E-state index contributed by atoms with van der Waals surface area (Å²) in [5, 5.41) is 9.47. The van der Waals surface area contributed by atoms with E-state index >= 15 is 0 Å². The highest BCUT2D eigenvalue weighted by molar-refractivity contribution is 6.75. The van der Waals surface area contributed by atoms with Crippen LogP contribution < -0.4 is 4.74 Å². The summed E-state index contributed by atoms with van der Waals surface area (Å²) in [6.07, 6.45) is 0. The number of halogens is 3. The Morgan fingerprint density at radius 3 is 2.29 bits per heavy atom. The van der Waals surface area contributed by atoms with Gasteiger partial charge < -0.3 is 9.84 Å². The molecule has 0 amide bonds. The van der Waals surface area contributed by atoms with Gasteiger partial charge in [-0.05, 0) is 19.1 Å². The Labute approximate surface area is 112 Å². The van der Waals surface area contributed by atoms with Gasteiger partial charge in [0.25, 0.3) is 3.79 Å². The number of phenols is 1. The fraction of sp³-hybridized carbons (Fsp3) is 0.200. The van der Waals surface area contributed by atoms with Gasteiger partial charge in [-0.1, -0.05) is 34.8 Å². The van der Waals surface area contributed by atoms with Crippen molar-refractivity contribution in [1.29, 1.82) is 0 Å². The average Bonchev–Trinajstić information content (AvgIpc) is 2.15. The van der Waals surface area contributed by atoms with Gasteiger partial charge in [0, 0.05) is 6.07 Å². The minimum Gasteiger partial charge on any atom is -0.507 e. The van der Waals surface area contributed by atoms with Crippen molar-refractivity contribution in [2.45, 2.75) is 10.7 Å². The summed E-state index contributed by atoms with van der Waals surface area (Å²) in [4.78, 5) is 22.2. The van der Waals surface area contributed by atoms with Crippen LogP contribution in [-0.4, -0.2) is 20.7 Å². The fourth-order valence-corrected chi connectivity index (χ4v) is 1.15. The van der Waals surface area contributed by atoms with E-state index < -0.39 is 9.76 Å². The second-order valence-corrected chi connectivity index (χ2v) is 5.40. The van der Waals surface area contributed by atoms with Crippen molar-refractivity contribution < 1.29 is 19.4 Å². The number of hydrogen-bond donors (Lipinski definition) is 1. The second kappa shape index (κ2) is 5.12. The first kappa shape index (κ1) is 14.1. The molecule has 1 rings (SSSR count). The van der Waals surface area contributed by atoms with Crippen LogP contribution in [0.25, 0.3) is 0 Å². The molecule has 0 fully saturated rings. The number of aromatic hydroxyl groups is 1. The number of carbonyl (C=O) groups excluding carboxylic acids is 2. The van der Waals surface area contributed by atoms with E-state index in [1.807, 2.05) is 0 Å². The van der Waals surface area contributed by atoms with Crippen LogP contribution in [0.3, 0.4) is 0 Å². The highest BCUT2D eigenvalue weighted by Crippen LogP contribution is 2.30. The number of alkyl halides is 3. The third-order valence-corrected chi connectivity index (χ3v) is 2.25. The van der Waals surface area contributed by atoms with E-state index in [1.165, 1.54) is 19.1 Å². The van der Waals surface area contributed by atoms with E-state index in [0.29, 0.717) is 0 Å². The van der Waals surface area contributed by atoms with Crippen LogP contribution in [0.4, 0.5) is 0 Å². The largest absolute Gasteiger partial charge is 0.507 e. The van der Waals surface area contributed by atoms with E-state index in [2.05, 4.69) is 4.74 Å². The normalized spacial score (nSPS) is 11.1. The van der Waals surface area contributed by atoms with Gasteiger partial charge in [0.05, 0.1) is 5.56 Å². The number of ketones is 1. The van der Waals surface area contributed by atoms with Gasteiger partial charge in [0.2, 0.25) is 0 Å². The van der Waals surface area contributed by atoms with Crippen LogP contribution in [0.5, 0.6) is 11.5 Å². The predicted octanol–water partition coefficient (Wildman–Crippen LogP) is 2.87. The van der Waals surface area contributed by atoms with Crippen molar-refractivity contribution >= 4 is 46.6 Å². The highest BCUT2D eigenvalue weighted by Gasteiger charge is 2.33. The topological polar surface area (TPSA) is 63.6 Å². The Balaban J connectivity index is 2.92. The Hall–Kier alpha value is -0.970. The maximum Gasteiger partial charge on any atom is 0.363 e. The van der Waals surface area contributed by atoms with Crippen molar-refractivity contribution in [3.63, 3.8) is 0 Å². The monoisotopic (exact) mass is 296 g/mol. The quantitative estimate of drug-likeness (QED) is 0.394. The van der Waals surface area contributed by atoms with Crippen molar-refractivity contribution in [2.24, 2.45) is 0 Å². The molecule has 0 aliphatic carbocycles. The lowest BCUT2D eigenvalue weighted by Gasteiger charge is -2.10. The zero-order valence-electron chi connectivity index (χ0n) is 8.54. The van der Waals surface area contributed by atoms with E-state index in [1.54, 1.807) is 0 Å². The van der Waals surface area contributed by atoms with Crippen LogP contribution in [0.2, 0.25) is 0 Å². The molecule has 1 aromatic carbocycles. The van der Waals surface area contributed by atoms with E-state index in [0.717, 1.165) is 6.07 Å². The lowest BCUT2D eigenvalue weighted by atomic mass is 10.1. The zero-order valence-corrected chi connectivity index (χ0v) is 10.8. The van der Waals surface area contributed by atoms with Crippen molar-refractivity contribution in [2.75, 3.05) is 0 Å². The number of benzene rings is 1. The van der Waals surface area contributed by atoms with Crippen LogP contribution in [-0.2, 0) is 4.79 Å². The molecule has 1 aromatic rings. The summed E-state index contributed by atoms with van der Waals surface area (Å²) in [6.45, 7) is 1.29. The summed E-state index contributed by atoms with van der Waals surface area (Å²) in [5.41, 5.74) is 0.110. The van der Waals surface area contributed by atoms with Gasteiger partial charge in [-0.3, -0.25) is 4.79 Å². The maximum absolute atomic E-state index is 11.2. The van der Waals surface area contributed by atoms with Crippen LogP contribution >= 0.6 is 34.8 Å². The van der Waals surface area contributed by atoms with Crippen molar-refractivity contribution in [1.82, 2.24) is 0 Å². The summed E-state index contributed by atoms with van der Waals surface area (Å²) in [7, 11) is 0. The molecule has 0 saturated heterocycles. The summed E-state index contributed by atoms with van der Waals surface area (Å²) >= 11 is 15.9. The third-order valence-electron chi connectivity index (χ3n) is 1.79. The molecule has 0 aliphatic heterocycles. The molecule has 0 spiro atoms. The minimum absolute atomic E-state index is 0.0242. The van der Waals surface area contributed by atoms with Gasteiger partial charge in [0.15, 0.2) is 5.78 Å². The minimum atomic E-state index is -2.20. The first-order chi connectivity index (χ1) is 7.71. The average molecular weight is 298 g/mol. The Morgan fingerprint density at radius 2 is 1.88 bits per heavy atom. The molecule has 0 saturated carbocycles. The Bertz CT molecular complexity index is 465. The van der Waals surface area contributed by atoms with Crippen molar-refractivity contribution in [3.05, 3.63) is 23.8 Å². The third kappa shape index (κ3) is 3.77. The van der Waals surface area contributed by atoms with Gasteiger partial charge >= 0.3 is 5.97 Å². The summed E-state index contributed by atoms with van der Waals surface area (Å²) in [5.74, 6) is -1.75. The summed E-state index contributed by atoms with van der Waals surface area (Å²) in [6, 6.07) is 3.70. The lowest BCUT2D eigenvalue weighted by molar-refractivity contribution is -0.133. The van der Waals surface area contributed by atoms with Crippen molar-refractivity contribution in [3.8, 4) is 11.5 Å². The van der Waals surface area contributed by atoms with E-state index in [4.69, 9.17) is 34.8 Å². The second-order valence-electron chi connectivity index (χ2n) is 3.12. The molecule has 0 aromatic heterocycles. The molecule has 0 atom stereocenters. The smallest absolute Gasteiger partial charge is 0.363 e. The molecular formula is C10H7Cl3O4. The highest BCUT2D eigenvalue weighted by atomic mass is 35.6. The lowest BCUT2D eigenvalue weighted by Crippen LogP contribution is -2.24. The zero-order chi connectivity index (χ0) is 13.2. The van der Waals surface area contributed by atoms with Gasteiger partial charge in [-0.15, -0.1) is 0 Å². The Kier molecular flexibility index (Phi) is 4.25. The van der Waals surface area contributed by atoms with E-state index in [-0.39, 0.29) is 22.8 Å². The number of ether oxygens (including phenoxy) is 1. The molecule has 0 bridgehead atoms. The molecule has 7 heteroatoms. The van der Waals surface area contributed by atoms with Crippen LogP contribution in [0, 0.1) is 0 Å². The molecule has 92 valence electrons. The predicted molar refractivity (Wildman–Crippen MR) is 64.0 cm³/mol. The number of rotatable bonds is 2. The molecule has 0 unspecified atom stereocenters. The number of Topliss-reactive ketones (excluding diaryl/α,β-unsaturated/α-hetero) is 1. The van der Waals surface area contributed by atoms with E-state index in [9.17, 15) is 14.7 Å². The number of hydrogen-bond acceptors (Lipinski definition) is 4. The number of esters is 1. The molecule has 17 heavy (non-hydrogen) atoms. The number of carbonyl (C=O) groups is 2. The van der Waals surface area contributed by atoms with Crippen LogP contribution in [0.15, 0.2) is 18.2 Å². The Morgan fingerprint density at radius 1 is 1.29 bits per heavy atom. The number of phenolic OH excluding ortho intramolecular Hbond substituents is 1. The summed E-state index contributed by atoms with van der Waals surface area (Å²) < 4.78 is 2.49. The molecule has 0 aliphatic rings. The first-order valence-electron chi connectivity index (χ1n) is 4.35. The fourth-order valence-electron chi connectivity index (χ4n) is 1.04. The molecule has 1 N–H and O–H groups in total. The molecular weight excluding hydrogens is 290 g/mol. The molecule has 4 nitrogen and oxygen atoms in total. The molecule has 0 heterocycles.